The first-order valence-electron chi connectivity index (χ1n) is 12.1. The van der Waals surface area contributed by atoms with Crippen LogP contribution in [0.25, 0.3) is 22.2 Å². The molecular formula is C26H23F6N5O4. The Morgan fingerprint density at radius 3 is 2.32 bits per heavy atom. The average molecular weight is 583 g/mol. The number of halogens is 6. The van der Waals surface area contributed by atoms with Crippen LogP contribution in [-0.4, -0.2) is 42.1 Å². The van der Waals surface area contributed by atoms with E-state index in [0.717, 1.165) is 18.3 Å². The first kappa shape index (κ1) is 29.7. The monoisotopic (exact) mass is 583 g/mol. The molecule has 0 unspecified atom stereocenters. The van der Waals surface area contributed by atoms with Gasteiger partial charge in [0.25, 0.3) is 11.1 Å². The van der Waals surface area contributed by atoms with Gasteiger partial charge in [0.2, 0.25) is 0 Å². The lowest BCUT2D eigenvalue weighted by Gasteiger charge is -2.20. The summed E-state index contributed by atoms with van der Waals surface area (Å²) in [6, 6.07) is 1.82. The van der Waals surface area contributed by atoms with Crippen LogP contribution in [0.1, 0.15) is 38.3 Å². The Morgan fingerprint density at radius 1 is 1.05 bits per heavy atom. The molecule has 41 heavy (non-hydrogen) atoms. The van der Waals surface area contributed by atoms with E-state index in [2.05, 4.69) is 15.1 Å². The third-order valence-electron chi connectivity index (χ3n) is 6.14. The number of aromatic nitrogens is 5. The summed E-state index contributed by atoms with van der Waals surface area (Å²) in [6.07, 6.45) is -4.79. The van der Waals surface area contributed by atoms with Crippen LogP contribution in [-0.2, 0) is 18.3 Å². The van der Waals surface area contributed by atoms with Gasteiger partial charge in [-0.25, -0.2) is 28.2 Å². The van der Waals surface area contributed by atoms with Crippen molar-refractivity contribution in [3.8, 4) is 17.1 Å². The molecule has 0 fully saturated rings. The van der Waals surface area contributed by atoms with Gasteiger partial charge >= 0.3 is 6.18 Å². The molecular weight excluding hydrogens is 560 g/mol. The number of aromatic amines is 1. The van der Waals surface area contributed by atoms with E-state index in [1.807, 2.05) is 0 Å². The van der Waals surface area contributed by atoms with Crippen LogP contribution in [0.5, 0.6) is 5.75 Å². The van der Waals surface area contributed by atoms with Gasteiger partial charge < -0.3 is 14.4 Å². The number of benzene rings is 1. The highest BCUT2D eigenvalue weighted by atomic mass is 19.4. The molecule has 0 amide bonds. The topological polar surface area (TPSA) is 123 Å². The molecule has 2 atom stereocenters. The van der Waals surface area contributed by atoms with E-state index in [0.29, 0.717) is 16.3 Å². The van der Waals surface area contributed by atoms with E-state index >= 15 is 4.39 Å². The van der Waals surface area contributed by atoms with E-state index in [9.17, 15) is 36.6 Å². The van der Waals surface area contributed by atoms with Crippen LogP contribution < -0.4 is 15.9 Å². The largest absolute Gasteiger partial charge is 0.488 e. The lowest BCUT2D eigenvalue weighted by Crippen LogP contribution is -2.29. The van der Waals surface area contributed by atoms with Gasteiger partial charge in [-0.15, -0.1) is 0 Å². The minimum absolute atomic E-state index is 0.122. The van der Waals surface area contributed by atoms with Crippen molar-refractivity contribution in [2.45, 2.75) is 57.8 Å². The Labute approximate surface area is 227 Å². The van der Waals surface area contributed by atoms with Crippen LogP contribution >= 0.6 is 0 Å². The smallest absolute Gasteiger partial charge is 0.425 e. The summed E-state index contributed by atoms with van der Waals surface area (Å²) < 4.78 is 90.3. The molecule has 2 N–H and O–H groups in total. The lowest BCUT2D eigenvalue weighted by atomic mass is 10.0. The number of aliphatic hydroxyl groups is 1. The zero-order valence-corrected chi connectivity index (χ0v) is 21.8. The van der Waals surface area contributed by atoms with Crippen molar-refractivity contribution >= 4 is 10.8 Å². The second-order valence-corrected chi connectivity index (χ2v) is 9.86. The highest BCUT2D eigenvalue weighted by Crippen LogP contribution is 2.33. The van der Waals surface area contributed by atoms with Crippen LogP contribution in [0, 0.1) is 11.6 Å². The number of nitrogens with one attached hydrogen (secondary N) is 1. The molecule has 0 saturated heterocycles. The summed E-state index contributed by atoms with van der Waals surface area (Å²) in [6.45, 7) is 3.53. The average Bonchev–Trinajstić information content (AvgIpc) is 2.85. The molecule has 15 heteroatoms. The van der Waals surface area contributed by atoms with Gasteiger partial charge in [-0.1, -0.05) is 0 Å². The Morgan fingerprint density at radius 2 is 1.71 bits per heavy atom. The number of fused-ring (bicyclic) bond motifs is 1. The first-order chi connectivity index (χ1) is 19.1. The summed E-state index contributed by atoms with van der Waals surface area (Å²) in [5, 5.41) is 14.3. The van der Waals surface area contributed by atoms with E-state index < -0.39 is 71.1 Å². The number of nitrogens with zero attached hydrogens (tertiary/aromatic N) is 4. The zero-order valence-electron chi connectivity index (χ0n) is 21.8. The second kappa shape index (κ2) is 11.0. The van der Waals surface area contributed by atoms with Gasteiger partial charge in [0.15, 0.2) is 17.1 Å². The highest BCUT2D eigenvalue weighted by Gasteiger charge is 2.38. The standard InChI is InChI=1S/C26H23F6N5O4/c1-12(41-20-9-35-36-23(38)21(20)26(30,31)32)4-14(27)10-37-11-19(29)15-5-17(18(28)6-16(15)24(37)39)22-33-7-13(8-34-22)25(2,3)40/h5-9,11-12,14,40H,4,10H2,1-3H3,(H,36,38)/t12-,14+/m1/s1. The van der Waals surface area contributed by atoms with Gasteiger partial charge in [0.1, 0.15) is 17.8 Å². The predicted octanol–water partition coefficient (Wildman–Crippen LogP) is 4.26. The fourth-order valence-electron chi connectivity index (χ4n) is 4.11. The van der Waals surface area contributed by atoms with Crippen molar-refractivity contribution in [3.05, 3.63) is 80.4 Å². The van der Waals surface area contributed by atoms with Gasteiger partial charge in [-0.2, -0.15) is 18.3 Å². The van der Waals surface area contributed by atoms with Crippen molar-refractivity contribution in [3.63, 3.8) is 0 Å². The minimum atomic E-state index is -5.06. The minimum Gasteiger partial charge on any atom is -0.488 e. The van der Waals surface area contributed by atoms with E-state index in [1.54, 1.807) is 5.10 Å². The van der Waals surface area contributed by atoms with Crippen molar-refractivity contribution < 1.29 is 36.2 Å². The van der Waals surface area contributed by atoms with Crippen LogP contribution in [0.3, 0.4) is 0 Å². The summed E-state index contributed by atoms with van der Waals surface area (Å²) in [7, 11) is 0. The summed E-state index contributed by atoms with van der Waals surface area (Å²) >= 11 is 0. The zero-order chi connectivity index (χ0) is 30.3. The molecule has 4 rings (SSSR count). The maximum atomic E-state index is 15.0. The normalized spacial score (nSPS) is 13.8. The maximum absolute atomic E-state index is 15.0. The number of alkyl halides is 4. The third-order valence-corrected chi connectivity index (χ3v) is 6.14. The number of H-pyrrole nitrogens is 1. The van der Waals surface area contributed by atoms with Gasteiger partial charge in [-0.3, -0.25) is 9.59 Å². The number of ether oxygens (including phenoxy) is 1. The van der Waals surface area contributed by atoms with Gasteiger partial charge in [0.05, 0.1) is 35.4 Å². The highest BCUT2D eigenvalue weighted by molar-refractivity contribution is 5.86. The summed E-state index contributed by atoms with van der Waals surface area (Å²) in [4.78, 5) is 32.5. The lowest BCUT2D eigenvalue weighted by molar-refractivity contribution is -0.140. The van der Waals surface area contributed by atoms with Crippen LogP contribution in [0.4, 0.5) is 26.3 Å². The quantitative estimate of drug-likeness (QED) is 0.297. The maximum Gasteiger partial charge on any atom is 0.425 e. The first-order valence-corrected chi connectivity index (χ1v) is 12.1. The third kappa shape index (κ3) is 6.39. The van der Waals surface area contributed by atoms with E-state index in [1.165, 1.54) is 33.2 Å². The molecule has 0 saturated carbocycles. The molecule has 218 valence electrons. The summed E-state index contributed by atoms with van der Waals surface area (Å²) in [5.41, 5.74) is -5.20. The van der Waals surface area contributed by atoms with Gasteiger partial charge in [-0.05, 0) is 32.9 Å². The molecule has 0 aliphatic rings. The Balaban J connectivity index is 1.56. The SMILES string of the molecule is C[C@H](C[C@H](F)Cn1cc(F)c2cc(-c3ncc(C(C)(C)O)cn3)c(F)cc2c1=O)Oc1cn[nH]c(=O)c1C(F)(F)F. The number of hydrogen-bond donors (Lipinski definition) is 2. The number of rotatable bonds is 8. The van der Waals surface area contributed by atoms with Crippen molar-refractivity contribution in [2.75, 3.05) is 0 Å². The van der Waals surface area contributed by atoms with Crippen LogP contribution in [0.15, 0.2) is 46.5 Å². The molecule has 0 bridgehead atoms. The molecule has 0 spiro atoms. The number of hydrogen-bond acceptors (Lipinski definition) is 7. The predicted molar refractivity (Wildman–Crippen MR) is 134 cm³/mol. The number of pyridine rings is 1. The molecule has 0 radical (unpaired) electrons. The van der Waals surface area contributed by atoms with E-state index in [4.69, 9.17) is 4.74 Å². The van der Waals surface area contributed by atoms with Crippen molar-refractivity contribution in [2.24, 2.45) is 0 Å². The molecule has 1 aromatic carbocycles. The Bertz CT molecular complexity index is 1700. The molecule has 4 aromatic rings. The van der Waals surface area contributed by atoms with Crippen molar-refractivity contribution in [1.82, 2.24) is 24.7 Å². The molecule has 3 heterocycles. The molecule has 0 aliphatic carbocycles. The van der Waals surface area contributed by atoms with Gasteiger partial charge in [0, 0.05) is 36.0 Å². The van der Waals surface area contributed by atoms with E-state index in [-0.39, 0.29) is 22.2 Å². The summed E-state index contributed by atoms with van der Waals surface area (Å²) in [5.74, 6) is -2.95. The van der Waals surface area contributed by atoms with Crippen LogP contribution in [0.2, 0.25) is 0 Å². The fourth-order valence-corrected chi connectivity index (χ4v) is 4.11. The molecule has 0 aliphatic heterocycles. The second-order valence-electron chi connectivity index (χ2n) is 9.86. The molecule has 9 nitrogen and oxygen atoms in total. The van der Waals surface area contributed by atoms with Crippen molar-refractivity contribution in [1.29, 1.82) is 0 Å². The molecule has 3 aromatic heterocycles. The Kier molecular flexibility index (Phi) is 7.94. The Hall–Kier alpha value is -4.27. The fraction of sp³-hybridized carbons (Fsp3) is 0.346.